The van der Waals surface area contributed by atoms with Crippen LogP contribution in [0.5, 0.6) is 0 Å². The van der Waals surface area contributed by atoms with E-state index in [1.165, 1.54) is 12.1 Å². The van der Waals surface area contributed by atoms with Gasteiger partial charge in [0.1, 0.15) is 0 Å². The van der Waals surface area contributed by atoms with E-state index in [9.17, 15) is 8.78 Å². The average Bonchev–Trinajstić information content (AvgIpc) is 2.33. The molecule has 0 bridgehead atoms. The minimum absolute atomic E-state index is 0.186. The van der Waals surface area contributed by atoms with E-state index in [2.05, 4.69) is 0 Å². The summed E-state index contributed by atoms with van der Waals surface area (Å²) >= 11 is 11.6. The van der Waals surface area contributed by atoms with E-state index in [-0.39, 0.29) is 11.4 Å². The van der Waals surface area contributed by atoms with Crippen LogP contribution in [-0.2, 0) is 5.88 Å². The van der Waals surface area contributed by atoms with Crippen LogP contribution in [0.2, 0.25) is 5.02 Å². The zero-order valence-electron chi connectivity index (χ0n) is 8.68. The van der Waals surface area contributed by atoms with Gasteiger partial charge in [-0.2, -0.15) is 0 Å². The van der Waals surface area contributed by atoms with Gasteiger partial charge < -0.3 is 0 Å². The van der Waals surface area contributed by atoms with Crippen LogP contribution >= 0.6 is 23.2 Å². The summed E-state index contributed by atoms with van der Waals surface area (Å²) in [5.41, 5.74) is 1.42. The van der Waals surface area contributed by atoms with Crippen molar-refractivity contribution in [2.24, 2.45) is 0 Å². The summed E-state index contributed by atoms with van der Waals surface area (Å²) in [5, 5.41) is 0.515. The van der Waals surface area contributed by atoms with Crippen molar-refractivity contribution in [3.63, 3.8) is 0 Å². The molecule has 0 aromatic heterocycles. The van der Waals surface area contributed by atoms with Crippen LogP contribution in [-0.4, -0.2) is 0 Å². The highest BCUT2D eigenvalue weighted by Gasteiger charge is 2.12. The standard InChI is InChI=1S/C13H8Cl2F2/c14-7-8-6-9(15)4-5-10(8)11-2-1-3-12(16)13(11)17/h1-6H,7H2. The summed E-state index contributed by atoms with van der Waals surface area (Å²) in [6, 6.07) is 8.95. The average molecular weight is 273 g/mol. The molecule has 0 unspecified atom stereocenters. The van der Waals surface area contributed by atoms with Gasteiger partial charge >= 0.3 is 0 Å². The molecule has 2 aromatic rings. The topological polar surface area (TPSA) is 0 Å². The zero-order chi connectivity index (χ0) is 12.4. The second-order valence-electron chi connectivity index (χ2n) is 3.54. The number of rotatable bonds is 2. The Morgan fingerprint density at radius 3 is 2.47 bits per heavy atom. The van der Waals surface area contributed by atoms with Crippen molar-refractivity contribution in [3.8, 4) is 11.1 Å². The first-order valence-corrected chi connectivity index (χ1v) is 5.83. The SMILES string of the molecule is Fc1cccc(-c2ccc(Cl)cc2CCl)c1F. The fourth-order valence-electron chi connectivity index (χ4n) is 1.65. The molecule has 0 heterocycles. The second kappa shape index (κ2) is 5.03. The Bertz CT molecular complexity index is 553. The number of halogens is 4. The second-order valence-corrected chi connectivity index (χ2v) is 4.24. The van der Waals surface area contributed by atoms with Crippen LogP contribution < -0.4 is 0 Å². The van der Waals surface area contributed by atoms with Crippen molar-refractivity contribution in [2.75, 3.05) is 0 Å². The molecule has 0 saturated carbocycles. The van der Waals surface area contributed by atoms with Crippen LogP contribution in [0.25, 0.3) is 11.1 Å². The number of benzene rings is 2. The molecular weight excluding hydrogens is 265 g/mol. The molecule has 0 amide bonds. The lowest BCUT2D eigenvalue weighted by Crippen LogP contribution is -1.92. The lowest BCUT2D eigenvalue weighted by Gasteiger charge is -2.09. The van der Waals surface area contributed by atoms with Gasteiger partial charge in [-0.1, -0.05) is 29.8 Å². The van der Waals surface area contributed by atoms with Gasteiger partial charge in [-0.3, -0.25) is 0 Å². The molecule has 0 spiro atoms. The van der Waals surface area contributed by atoms with Gasteiger partial charge in [-0.25, -0.2) is 8.78 Å². The van der Waals surface area contributed by atoms with Gasteiger partial charge in [0.2, 0.25) is 0 Å². The van der Waals surface area contributed by atoms with E-state index in [1.807, 2.05) is 0 Å². The van der Waals surface area contributed by atoms with Gasteiger partial charge in [-0.15, -0.1) is 11.6 Å². The lowest BCUT2D eigenvalue weighted by molar-refractivity contribution is 0.511. The predicted octanol–water partition coefficient (Wildman–Crippen LogP) is 5.02. The molecule has 0 fully saturated rings. The lowest BCUT2D eigenvalue weighted by atomic mass is 10.00. The molecule has 0 aliphatic carbocycles. The van der Waals surface area contributed by atoms with Crippen molar-refractivity contribution in [1.29, 1.82) is 0 Å². The van der Waals surface area contributed by atoms with Gasteiger partial charge in [-0.05, 0) is 29.3 Å². The zero-order valence-corrected chi connectivity index (χ0v) is 10.2. The first-order chi connectivity index (χ1) is 8.13. The normalized spacial score (nSPS) is 10.6. The Balaban J connectivity index is 2.64. The summed E-state index contributed by atoms with van der Waals surface area (Å²) in [6.07, 6.45) is 0. The highest BCUT2D eigenvalue weighted by Crippen LogP contribution is 2.30. The maximum atomic E-state index is 13.7. The highest BCUT2D eigenvalue weighted by molar-refractivity contribution is 6.30. The largest absolute Gasteiger partial charge is 0.204 e. The molecule has 4 heteroatoms. The van der Waals surface area contributed by atoms with E-state index in [4.69, 9.17) is 23.2 Å². The minimum Gasteiger partial charge on any atom is -0.204 e. The Hall–Kier alpha value is -1.12. The fraction of sp³-hybridized carbons (Fsp3) is 0.0769. The molecule has 2 aromatic carbocycles. The highest BCUT2D eigenvalue weighted by atomic mass is 35.5. The molecule has 0 saturated heterocycles. The fourth-order valence-corrected chi connectivity index (χ4v) is 2.06. The smallest absolute Gasteiger partial charge is 0.166 e. The van der Waals surface area contributed by atoms with Crippen LogP contribution in [0.3, 0.4) is 0 Å². The molecule has 0 nitrogen and oxygen atoms in total. The number of hydrogen-bond donors (Lipinski definition) is 0. The maximum Gasteiger partial charge on any atom is 0.166 e. The molecule has 88 valence electrons. The Morgan fingerprint density at radius 2 is 1.76 bits per heavy atom. The number of alkyl halides is 1. The molecule has 0 radical (unpaired) electrons. The summed E-state index contributed by atoms with van der Waals surface area (Å²) in [6.45, 7) is 0. The van der Waals surface area contributed by atoms with Crippen LogP contribution in [0.4, 0.5) is 8.78 Å². The van der Waals surface area contributed by atoms with Gasteiger partial charge in [0, 0.05) is 16.5 Å². The van der Waals surface area contributed by atoms with Gasteiger partial charge in [0.25, 0.3) is 0 Å². The van der Waals surface area contributed by atoms with Gasteiger partial charge in [0.15, 0.2) is 11.6 Å². The Morgan fingerprint density at radius 1 is 1.00 bits per heavy atom. The predicted molar refractivity (Wildman–Crippen MR) is 66.4 cm³/mol. The summed E-state index contributed by atoms with van der Waals surface area (Å²) < 4.78 is 26.8. The van der Waals surface area contributed by atoms with Gasteiger partial charge in [0.05, 0.1) is 0 Å². The minimum atomic E-state index is -0.877. The van der Waals surface area contributed by atoms with Crippen molar-refractivity contribution in [3.05, 3.63) is 58.6 Å². The monoisotopic (exact) mass is 272 g/mol. The maximum absolute atomic E-state index is 13.7. The van der Waals surface area contributed by atoms with Crippen LogP contribution in [0.1, 0.15) is 5.56 Å². The first kappa shape index (κ1) is 12.3. The molecule has 17 heavy (non-hydrogen) atoms. The molecule has 2 rings (SSSR count). The first-order valence-electron chi connectivity index (χ1n) is 4.92. The Labute approximate surface area is 108 Å². The Kier molecular flexibility index (Phi) is 3.65. The third-order valence-corrected chi connectivity index (χ3v) is 2.98. The summed E-state index contributed by atoms with van der Waals surface area (Å²) in [5.74, 6) is -1.56. The third-order valence-electron chi connectivity index (χ3n) is 2.45. The van der Waals surface area contributed by atoms with E-state index in [1.54, 1.807) is 18.2 Å². The van der Waals surface area contributed by atoms with Crippen LogP contribution in [0, 0.1) is 11.6 Å². The van der Waals surface area contributed by atoms with E-state index in [0.717, 1.165) is 6.07 Å². The van der Waals surface area contributed by atoms with Crippen LogP contribution in [0.15, 0.2) is 36.4 Å². The molecule has 0 aliphatic heterocycles. The van der Waals surface area contributed by atoms with E-state index >= 15 is 0 Å². The molecule has 0 N–H and O–H groups in total. The summed E-state index contributed by atoms with van der Waals surface area (Å²) in [4.78, 5) is 0. The quantitative estimate of drug-likeness (QED) is 0.673. The molecular formula is C13H8Cl2F2. The number of hydrogen-bond acceptors (Lipinski definition) is 0. The molecule has 0 aliphatic rings. The van der Waals surface area contributed by atoms with E-state index in [0.29, 0.717) is 16.1 Å². The molecule has 0 atom stereocenters. The van der Waals surface area contributed by atoms with Crippen molar-refractivity contribution in [1.82, 2.24) is 0 Å². The van der Waals surface area contributed by atoms with E-state index < -0.39 is 11.6 Å². The van der Waals surface area contributed by atoms with Crippen molar-refractivity contribution < 1.29 is 8.78 Å². The van der Waals surface area contributed by atoms with Crippen molar-refractivity contribution in [2.45, 2.75) is 5.88 Å². The van der Waals surface area contributed by atoms with Crippen molar-refractivity contribution >= 4 is 23.2 Å². The summed E-state index contributed by atoms with van der Waals surface area (Å²) in [7, 11) is 0. The third kappa shape index (κ3) is 2.43.